The minimum Gasteiger partial charge on any atom is -0.488 e. The van der Waals surface area contributed by atoms with Crippen LogP contribution in [0.1, 0.15) is 85.5 Å². The topological polar surface area (TPSA) is 61.3 Å². The Hall–Kier alpha value is -1.90. The smallest absolute Gasteiger partial charge is 0.142 e. The molecule has 3 heteroatoms. The van der Waals surface area contributed by atoms with Crippen molar-refractivity contribution in [2.75, 3.05) is 11.5 Å². The largest absolute Gasteiger partial charge is 0.488 e. The molecule has 6 rings (SSSR count). The third kappa shape index (κ3) is 3.74. The van der Waals surface area contributed by atoms with E-state index in [1.54, 1.807) is 0 Å². The molecule has 1 aromatic rings. The Morgan fingerprint density at radius 1 is 1.06 bits per heavy atom. The van der Waals surface area contributed by atoms with Gasteiger partial charge in [0.1, 0.15) is 5.75 Å². The maximum atomic E-state index is 6.43. The molecule has 4 N–H and O–H groups in total. The van der Waals surface area contributed by atoms with Gasteiger partial charge in [0.2, 0.25) is 0 Å². The molecule has 1 spiro atoms. The second kappa shape index (κ2) is 8.84. The zero-order valence-corrected chi connectivity index (χ0v) is 23.0. The molecule has 0 amide bonds. The van der Waals surface area contributed by atoms with E-state index in [4.69, 9.17) is 16.2 Å². The molecule has 5 aliphatic rings. The van der Waals surface area contributed by atoms with Crippen LogP contribution in [0.15, 0.2) is 42.0 Å². The Bertz CT molecular complexity index is 1060. The van der Waals surface area contributed by atoms with E-state index < -0.39 is 0 Å². The lowest BCUT2D eigenvalue weighted by Crippen LogP contribution is -2.58. The fraction of sp³-hybridized carbons (Fsp3) is 0.697. The van der Waals surface area contributed by atoms with Crippen LogP contribution >= 0.6 is 0 Å². The van der Waals surface area contributed by atoms with Gasteiger partial charge in [0.15, 0.2) is 0 Å². The highest BCUT2D eigenvalue weighted by molar-refractivity contribution is 5.60. The molecule has 9 atom stereocenters. The second-order valence-electron chi connectivity index (χ2n) is 14.0. The van der Waals surface area contributed by atoms with Gasteiger partial charge in [-0.05, 0) is 104 Å². The van der Waals surface area contributed by atoms with Crippen molar-refractivity contribution >= 4 is 11.4 Å². The lowest BCUT2D eigenvalue weighted by molar-refractivity contribution is -0.0576. The van der Waals surface area contributed by atoms with Gasteiger partial charge in [0.05, 0.1) is 11.8 Å². The van der Waals surface area contributed by atoms with Gasteiger partial charge in [-0.15, -0.1) is 0 Å². The normalized spacial score (nSPS) is 41.1. The van der Waals surface area contributed by atoms with E-state index in [0.29, 0.717) is 28.1 Å². The molecule has 9 unspecified atom stereocenters. The van der Waals surface area contributed by atoms with Crippen molar-refractivity contribution in [2.45, 2.75) is 91.6 Å². The summed E-state index contributed by atoms with van der Waals surface area (Å²) in [5.74, 6) is 6.41. The van der Waals surface area contributed by atoms with Crippen LogP contribution in [0, 0.1) is 52.3 Å². The van der Waals surface area contributed by atoms with Crippen molar-refractivity contribution in [2.24, 2.45) is 52.3 Å². The van der Waals surface area contributed by atoms with Crippen LogP contribution in [0.5, 0.6) is 5.75 Å². The molecule has 0 saturated heterocycles. The summed E-state index contributed by atoms with van der Waals surface area (Å²) < 4.78 is 6.43. The first-order chi connectivity index (χ1) is 17.2. The van der Waals surface area contributed by atoms with Crippen LogP contribution in [0.25, 0.3) is 0 Å². The quantitative estimate of drug-likeness (QED) is 0.302. The molecule has 3 fully saturated rings. The highest BCUT2D eigenvalue weighted by Crippen LogP contribution is 2.73. The van der Waals surface area contributed by atoms with E-state index >= 15 is 0 Å². The monoisotopic (exact) mass is 488 g/mol. The van der Waals surface area contributed by atoms with Crippen molar-refractivity contribution in [3.05, 3.63) is 42.0 Å². The van der Waals surface area contributed by atoms with Gasteiger partial charge in [-0.25, -0.2) is 0 Å². The van der Waals surface area contributed by atoms with Crippen LogP contribution in [-0.2, 0) is 0 Å². The number of nitrogens with two attached hydrogens (primary N) is 2. The number of allylic oxidation sites excluding steroid dienone is 4. The number of benzene rings is 1. The predicted octanol–water partition coefficient (Wildman–Crippen LogP) is 8.03. The molecule has 36 heavy (non-hydrogen) atoms. The molecule has 0 bridgehead atoms. The van der Waals surface area contributed by atoms with E-state index in [9.17, 15) is 0 Å². The minimum absolute atomic E-state index is 0.238. The summed E-state index contributed by atoms with van der Waals surface area (Å²) in [6.07, 6.45) is 20.2. The minimum atomic E-state index is 0.238. The molecule has 0 heterocycles. The molecule has 3 saturated carbocycles. The summed E-state index contributed by atoms with van der Waals surface area (Å²) in [4.78, 5) is 0. The zero-order chi connectivity index (χ0) is 25.2. The third-order valence-corrected chi connectivity index (χ3v) is 11.5. The molecule has 5 aliphatic carbocycles. The van der Waals surface area contributed by atoms with Gasteiger partial charge < -0.3 is 16.2 Å². The Labute approximate surface area is 219 Å². The lowest BCUT2D eigenvalue weighted by Gasteiger charge is -2.65. The second-order valence-corrected chi connectivity index (χ2v) is 14.0. The van der Waals surface area contributed by atoms with Crippen LogP contribution in [-0.4, -0.2) is 6.10 Å². The summed E-state index contributed by atoms with van der Waals surface area (Å²) in [6.45, 7) is 9.99. The Balaban J connectivity index is 1.17. The number of hydrogen-bond acceptors (Lipinski definition) is 3. The first kappa shape index (κ1) is 24.4. The molecular formula is C33H48N2O. The number of ether oxygens (including phenoxy) is 1. The molecule has 196 valence electrons. The molecular weight excluding hydrogens is 440 g/mol. The highest BCUT2D eigenvalue weighted by atomic mass is 16.5. The van der Waals surface area contributed by atoms with Gasteiger partial charge >= 0.3 is 0 Å². The summed E-state index contributed by atoms with van der Waals surface area (Å²) in [5, 5.41) is 0. The van der Waals surface area contributed by atoms with E-state index in [1.165, 1.54) is 44.9 Å². The van der Waals surface area contributed by atoms with E-state index in [1.807, 2.05) is 23.8 Å². The summed E-state index contributed by atoms with van der Waals surface area (Å²) in [6, 6.07) is 5.64. The van der Waals surface area contributed by atoms with Gasteiger partial charge in [0, 0.05) is 11.1 Å². The third-order valence-electron chi connectivity index (χ3n) is 11.5. The summed E-state index contributed by atoms with van der Waals surface area (Å²) in [7, 11) is 0. The molecule has 0 radical (unpaired) electrons. The number of rotatable bonds is 7. The maximum Gasteiger partial charge on any atom is 0.142 e. The van der Waals surface area contributed by atoms with Crippen molar-refractivity contribution < 1.29 is 4.74 Å². The number of nitrogen functional groups attached to an aromatic ring is 2. The van der Waals surface area contributed by atoms with E-state index in [2.05, 4.69) is 45.9 Å². The molecule has 0 aliphatic heterocycles. The van der Waals surface area contributed by atoms with Gasteiger partial charge in [-0.1, -0.05) is 70.8 Å². The SMILES string of the molecule is CC(C)CCCC(C)C1CCC2C3C=CC4CC(Oc5ccc(N)cc5N)CCC45C=C(CC12C)C35. The van der Waals surface area contributed by atoms with Crippen LogP contribution < -0.4 is 16.2 Å². The maximum absolute atomic E-state index is 6.43. The summed E-state index contributed by atoms with van der Waals surface area (Å²) >= 11 is 0. The van der Waals surface area contributed by atoms with Crippen molar-refractivity contribution in [1.29, 1.82) is 0 Å². The first-order valence-electron chi connectivity index (χ1n) is 14.9. The highest BCUT2D eigenvalue weighted by Gasteiger charge is 2.65. The van der Waals surface area contributed by atoms with E-state index in [-0.39, 0.29) is 6.10 Å². The number of anilines is 2. The number of hydrogen-bond donors (Lipinski definition) is 2. The van der Waals surface area contributed by atoms with Crippen LogP contribution in [0.4, 0.5) is 11.4 Å². The first-order valence-corrected chi connectivity index (χ1v) is 14.9. The van der Waals surface area contributed by atoms with Crippen LogP contribution in [0.3, 0.4) is 0 Å². The van der Waals surface area contributed by atoms with Crippen molar-refractivity contribution in [1.82, 2.24) is 0 Å². The molecule has 1 aromatic carbocycles. The molecule has 0 aromatic heterocycles. The fourth-order valence-electron chi connectivity index (χ4n) is 9.89. The van der Waals surface area contributed by atoms with Crippen molar-refractivity contribution in [3.63, 3.8) is 0 Å². The summed E-state index contributed by atoms with van der Waals surface area (Å²) in [5.41, 5.74) is 16.1. The van der Waals surface area contributed by atoms with Crippen molar-refractivity contribution in [3.8, 4) is 5.75 Å². The average molecular weight is 489 g/mol. The Morgan fingerprint density at radius 2 is 1.89 bits per heavy atom. The Kier molecular flexibility index (Phi) is 6.00. The average Bonchev–Trinajstić information content (AvgIpc) is 3.16. The van der Waals surface area contributed by atoms with Gasteiger partial charge in [-0.3, -0.25) is 0 Å². The van der Waals surface area contributed by atoms with E-state index in [0.717, 1.165) is 54.1 Å². The Morgan fingerprint density at radius 3 is 2.67 bits per heavy atom. The van der Waals surface area contributed by atoms with Crippen LogP contribution in [0.2, 0.25) is 0 Å². The lowest BCUT2D eigenvalue weighted by atomic mass is 9.39. The molecule has 3 nitrogen and oxygen atoms in total. The fourth-order valence-corrected chi connectivity index (χ4v) is 9.89. The number of fused-ring (bicyclic) bond motifs is 2. The standard InChI is InChI=1S/C33H48N2O/c1-20(2)6-5-7-21(3)27-11-12-28-26-10-8-23-16-25(36-30-13-9-24(34)17-29(30)35)14-15-33(23)19-22(31(26)33)18-32(27,28)4/h8-10,13,17,19-21,23,25-28,31H,5-7,11-12,14-16,18,34-35H2,1-4H3. The zero-order valence-electron chi connectivity index (χ0n) is 23.0. The van der Waals surface area contributed by atoms with Gasteiger partial charge in [-0.2, -0.15) is 0 Å². The predicted molar refractivity (Wildman–Crippen MR) is 150 cm³/mol. The van der Waals surface area contributed by atoms with Gasteiger partial charge in [0.25, 0.3) is 0 Å².